The number of carbonyl (C=O) groups is 1. The molecule has 1 fully saturated rings. The van der Waals surface area contributed by atoms with Gasteiger partial charge in [0.15, 0.2) is 0 Å². The number of amides is 1. The molecule has 1 saturated heterocycles. The van der Waals surface area contributed by atoms with E-state index in [0.717, 1.165) is 37.0 Å². The van der Waals surface area contributed by atoms with Crippen LogP contribution in [-0.2, 0) is 0 Å². The fourth-order valence-corrected chi connectivity index (χ4v) is 3.84. The molecule has 33 heavy (non-hydrogen) atoms. The Balaban J connectivity index is 1.36. The summed E-state index contributed by atoms with van der Waals surface area (Å²) in [7, 11) is 0. The molecule has 3 rings (SSSR count). The molecule has 1 aromatic carbocycles. The van der Waals surface area contributed by atoms with Gasteiger partial charge in [0, 0.05) is 25.2 Å². The van der Waals surface area contributed by atoms with Crippen LogP contribution < -0.4 is 20.7 Å². The first-order valence-corrected chi connectivity index (χ1v) is 11.5. The Morgan fingerprint density at radius 1 is 1.36 bits per heavy atom. The van der Waals surface area contributed by atoms with Crippen LogP contribution in [0.3, 0.4) is 0 Å². The van der Waals surface area contributed by atoms with Crippen molar-refractivity contribution in [1.82, 2.24) is 15.5 Å². The van der Waals surface area contributed by atoms with Crippen LogP contribution in [0.5, 0.6) is 5.75 Å². The number of halogens is 2. The van der Waals surface area contributed by atoms with Crippen molar-refractivity contribution in [2.75, 3.05) is 37.7 Å². The SMILES string of the molecule is Cc1cc(OCCCC2CCN(c3nc(C(F)F)no3)CC2)ccc1C(=O)NC[C@@H](C)CN. The van der Waals surface area contributed by atoms with E-state index in [1.54, 1.807) is 6.07 Å². The van der Waals surface area contributed by atoms with Crippen LogP contribution in [0.4, 0.5) is 14.8 Å². The Morgan fingerprint density at radius 3 is 2.76 bits per heavy atom. The van der Waals surface area contributed by atoms with E-state index in [4.69, 9.17) is 15.0 Å². The highest BCUT2D eigenvalue weighted by Gasteiger charge is 2.24. The molecular formula is C23H33F2N5O3. The molecule has 0 radical (unpaired) electrons. The van der Waals surface area contributed by atoms with Crippen molar-refractivity contribution in [3.8, 4) is 5.75 Å². The van der Waals surface area contributed by atoms with Crippen molar-refractivity contribution in [1.29, 1.82) is 0 Å². The molecule has 1 aliphatic rings. The van der Waals surface area contributed by atoms with Crippen molar-refractivity contribution in [2.45, 2.75) is 46.0 Å². The van der Waals surface area contributed by atoms with Gasteiger partial charge in [-0.2, -0.15) is 4.98 Å². The van der Waals surface area contributed by atoms with Crippen LogP contribution >= 0.6 is 0 Å². The summed E-state index contributed by atoms with van der Waals surface area (Å²) in [6, 6.07) is 5.68. The molecule has 182 valence electrons. The topological polar surface area (TPSA) is 107 Å². The van der Waals surface area contributed by atoms with E-state index in [0.29, 0.717) is 44.3 Å². The lowest BCUT2D eigenvalue weighted by Gasteiger charge is -2.30. The van der Waals surface area contributed by atoms with Crippen LogP contribution in [0.2, 0.25) is 0 Å². The van der Waals surface area contributed by atoms with E-state index in [1.165, 1.54) is 0 Å². The van der Waals surface area contributed by atoms with E-state index in [-0.39, 0.29) is 17.8 Å². The maximum absolute atomic E-state index is 12.6. The summed E-state index contributed by atoms with van der Waals surface area (Å²) < 4.78 is 36.1. The van der Waals surface area contributed by atoms with Crippen molar-refractivity contribution >= 4 is 11.9 Å². The van der Waals surface area contributed by atoms with E-state index < -0.39 is 12.2 Å². The molecule has 0 unspecified atom stereocenters. The zero-order valence-corrected chi connectivity index (χ0v) is 19.2. The van der Waals surface area contributed by atoms with Crippen molar-refractivity contribution < 1.29 is 22.8 Å². The molecule has 8 nitrogen and oxygen atoms in total. The molecule has 2 heterocycles. The molecule has 2 aromatic rings. The van der Waals surface area contributed by atoms with E-state index in [9.17, 15) is 13.6 Å². The zero-order valence-electron chi connectivity index (χ0n) is 19.2. The van der Waals surface area contributed by atoms with Gasteiger partial charge in [-0.1, -0.05) is 12.1 Å². The number of anilines is 1. The average molecular weight is 466 g/mol. The molecular weight excluding hydrogens is 432 g/mol. The average Bonchev–Trinajstić information content (AvgIpc) is 3.31. The number of nitrogens with two attached hydrogens (primary N) is 1. The van der Waals surface area contributed by atoms with Crippen LogP contribution in [0.25, 0.3) is 0 Å². The third kappa shape index (κ3) is 7.12. The molecule has 1 atom stereocenters. The van der Waals surface area contributed by atoms with Gasteiger partial charge in [-0.05, 0) is 74.8 Å². The predicted molar refractivity (Wildman–Crippen MR) is 121 cm³/mol. The number of hydrogen-bond donors (Lipinski definition) is 2. The molecule has 1 aliphatic heterocycles. The summed E-state index contributed by atoms with van der Waals surface area (Å²) >= 11 is 0. The normalized spacial score (nSPS) is 15.6. The minimum absolute atomic E-state index is 0.100. The molecule has 0 saturated carbocycles. The molecule has 1 aromatic heterocycles. The number of alkyl halides is 2. The summed E-state index contributed by atoms with van der Waals surface area (Å²) in [6.07, 6.45) is 1.11. The van der Waals surface area contributed by atoms with Crippen molar-refractivity contribution in [3.05, 3.63) is 35.2 Å². The summed E-state index contributed by atoms with van der Waals surface area (Å²) in [6.45, 7) is 7.00. The largest absolute Gasteiger partial charge is 0.494 e. The predicted octanol–water partition coefficient (Wildman–Crippen LogP) is 3.72. The van der Waals surface area contributed by atoms with Gasteiger partial charge >= 0.3 is 12.4 Å². The van der Waals surface area contributed by atoms with Gasteiger partial charge in [0.05, 0.1) is 6.61 Å². The molecule has 0 spiro atoms. The Labute approximate surface area is 192 Å². The minimum atomic E-state index is -2.72. The third-order valence-corrected chi connectivity index (χ3v) is 5.99. The number of benzene rings is 1. The molecule has 3 N–H and O–H groups in total. The summed E-state index contributed by atoms with van der Waals surface area (Å²) in [5.74, 6) is 0.874. The van der Waals surface area contributed by atoms with E-state index in [2.05, 4.69) is 15.5 Å². The second-order valence-electron chi connectivity index (χ2n) is 8.68. The third-order valence-electron chi connectivity index (χ3n) is 5.99. The molecule has 0 aliphatic carbocycles. The first kappa shape index (κ1) is 24.9. The molecule has 0 bridgehead atoms. The smallest absolute Gasteiger partial charge is 0.324 e. The Bertz CT molecular complexity index is 900. The first-order valence-electron chi connectivity index (χ1n) is 11.5. The van der Waals surface area contributed by atoms with E-state index in [1.807, 2.05) is 30.9 Å². The van der Waals surface area contributed by atoms with Gasteiger partial charge in [0.2, 0.25) is 5.82 Å². The van der Waals surface area contributed by atoms with Crippen LogP contribution in [-0.4, -0.2) is 48.8 Å². The number of aromatic nitrogens is 2. The first-order chi connectivity index (χ1) is 15.9. The minimum Gasteiger partial charge on any atom is -0.494 e. The summed E-state index contributed by atoms with van der Waals surface area (Å²) in [5, 5.41) is 6.23. The van der Waals surface area contributed by atoms with Crippen LogP contribution in [0.15, 0.2) is 22.7 Å². The fourth-order valence-electron chi connectivity index (χ4n) is 3.84. The van der Waals surface area contributed by atoms with Gasteiger partial charge in [-0.15, -0.1) is 0 Å². The van der Waals surface area contributed by atoms with Gasteiger partial charge in [0.1, 0.15) is 5.75 Å². The second kappa shape index (κ2) is 11.9. The van der Waals surface area contributed by atoms with Crippen molar-refractivity contribution in [2.24, 2.45) is 17.6 Å². The highest BCUT2D eigenvalue weighted by atomic mass is 19.3. The zero-order chi connectivity index (χ0) is 23.8. The number of carbonyl (C=O) groups excluding carboxylic acids is 1. The standard InChI is InChI=1S/C23H33F2N5O3/c1-15(13-26)14-27-22(31)19-6-5-18(12-16(19)2)32-11-3-4-17-7-9-30(10-8-17)23-28-21(20(24)25)29-33-23/h5-6,12,15,17,20H,3-4,7-11,13-14,26H2,1-2H3,(H,27,31)/t15-/m0/s1. The lowest BCUT2D eigenvalue weighted by Crippen LogP contribution is -2.34. The summed E-state index contributed by atoms with van der Waals surface area (Å²) in [5.41, 5.74) is 7.10. The lowest BCUT2D eigenvalue weighted by molar-refractivity contribution is 0.0948. The monoisotopic (exact) mass is 465 g/mol. The number of nitrogens with zero attached hydrogens (tertiary/aromatic N) is 3. The lowest BCUT2D eigenvalue weighted by atomic mass is 9.92. The second-order valence-corrected chi connectivity index (χ2v) is 8.68. The van der Waals surface area contributed by atoms with Gasteiger partial charge < -0.3 is 25.2 Å². The van der Waals surface area contributed by atoms with E-state index >= 15 is 0 Å². The van der Waals surface area contributed by atoms with Gasteiger partial charge in [-0.25, -0.2) is 8.78 Å². The number of rotatable bonds is 11. The number of nitrogens with one attached hydrogen (secondary N) is 1. The van der Waals surface area contributed by atoms with Gasteiger partial charge in [0.25, 0.3) is 5.91 Å². The highest BCUT2D eigenvalue weighted by Crippen LogP contribution is 2.27. The maximum Gasteiger partial charge on any atom is 0.324 e. The molecule has 10 heteroatoms. The Hall–Kier alpha value is -2.75. The fraction of sp³-hybridized carbons (Fsp3) is 0.609. The Morgan fingerprint density at radius 2 is 2.12 bits per heavy atom. The number of aryl methyl sites for hydroxylation is 1. The highest BCUT2D eigenvalue weighted by molar-refractivity contribution is 5.95. The number of piperidine rings is 1. The maximum atomic E-state index is 12.6. The molecule has 1 amide bonds. The van der Waals surface area contributed by atoms with Crippen LogP contribution in [0.1, 0.15) is 60.8 Å². The van der Waals surface area contributed by atoms with Crippen LogP contribution in [0, 0.1) is 18.8 Å². The number of hydrogen-bond acceptors (Lipinski definition) is 7. The Kier molecular flexibility index (Phi) is 8.99. The summed E-state index contributed by atoms with van der Waals surface area (Å²) in [4.78, 5) is 18.0. The quantitative estimate of drug-likeness (QED) is 0.487. The van der Waals surface area contributed by atoms with Gasteiger partial charge in [-0.3, -0.25) is 4.79 Å². The number of ether oxygens (including phenoxy) is 1. The van der Waals surface area contributed by atoms with Crippen molar-refractivity contribution in [3.63, 3.8) is 0 Å².